The predicted molar refractivity (Wildman–Crippen MR) is 68.6 cm³/mol. The minimum atomic E-state index is -0.361. The van der Waals surface area contributed by atoms with Crippen LogP contribution < -0.4 is 5.73 Å². The molecule has 2 N–H and O–H groups in total. The van der Waals surface area contributed by atoms with Gasteiger partial charge in [0.25, 0.3) is 0 Å². The van der Waals surface area contributed by atoms with Gasteiger partial charge < -0.3 is 10.2 Å². The number of hydrogen-bond acceptors (Lipinski definition) is 3. The van der Waals surface area contributed by atoms with Crippen molar-refractivity contribution in [3.8, 4) is 11.3 Å². The van der Waals surface area contributed by atoms with Crippen LogP contribution in [0, 0.1) is 12.7 Å². The highest BCUT2D eigenvalue weighted by Crippen LogP contribution is 2.31. The fourth-order valence-electron chi connectivity index (χ4n) is 2.00. The van der Waals surface area contributed by atoms with Gasteiger partial charge in [0.05, 0.1) is 0 Å². The van der Waals surface area contributed by atoms with E-state index in [4.69, 9.17) is 10.2 Å². The van der Waals surface area contributed by atoms with Crippen LogP contribution in [0.2, 0.25) is 0 Å². The molecule has 90 valence electrons. The van der Waals surface area contributed by atoms with Gasteiger partial charge in [0.2, 0.25) is 0 Å². The van der Waals surface area contributed by atoms with E-state index in [9.17, 15) is 4.39 Å². The number of fused-ring (bicyclic) bond motifs is 1. The molecule has 3 aromatic rings. The van der Waals surface area contributed by atoms with Gasteiger partial charge in [-0.15, -0.1) is 0 Å². The summed E-state index contributed by atoms with van der Waals surface area (Å²) in [4.78, 5) is 4.03. The zero-order chi connectivity index (χ0) is 12.7. The number of nitrogens with zero attached hydrogens (tertiary/aromatic N) is 1. The van der Waals surface area contributed by atoms with Crippen molar-refractivity contribution in [2.45, 2.75) is 6.92 Å². The van der Waals surface area contributed by atoms with Gasteiger partial charge in [-0.05, 0) is 30.7 Å². The zero-order valence-corrected chi connectivity index (χ0v) is 9.77. The van der Waals surface area contributed by atoms with Crippen LogP contribution in [0.15, 0.2) is 40.9 Å². The molecule has 0 fully saturated rings. The smallest absolute Gasteiger partial charge is 0.170 e. The quantitative estimate of drug-likeness (QED) is 0.710. The number of rotatable bonds is 1. The van der Waals surface area contributed by atoms with E-state index in [0.29, 0.717) is 11.6 Å². The van der Waals surface area contributed by atoms with E-state index in [-0.39, 0.29) is 11.4 Å². The average Bonchev–Trinajstić information content (AvgIpc) is 2.74. The number of halogens is 1. The number of para-hydroxylation sites is 1. The first-order valence-electron chi connectivity index (χ1n) is 5.56. The molecule has 0 unspecified atom stereocenters. The first-order valence-corrected chi connectivity index (χ1v) is 5.56. The molecule has 0 saturated carbocycles. The highest BCUT2D eigenvalue weighted by atomic mass is 19.1. The summed E-state index contributed by atoms with van der Waals surface area (Å²) in [5.74, 6) is 0.693. The molecule has 3 rings (SSSR count). The minimum absolute atomic E-state index is 0.267. The molecule has 1 aromatic carbocycles. The van der Waals surface area contributed by atoms with Gasteiger partial charge in [-0.25, -0.2) is 9.37 Å². The lowest BCUT2D eigenvalue weighted by atomic mass is 10.1. The van der Waals surface area contributed by atoms with Crippen molar-refractivity contribution in [2.75, 3.05) is 5.73 Å². The summed E-state index contributed by atoms with van der Waals surface area (Å²) in [7, 11) is 0. The first kappa shape index (κ1) is 10.8. The molecule has 0 bridgehead atoms. The standard InChI is InChI=1S/C14H11FN2O/c1-8-5-13(16)17-7-10(8)12-6-9-3-2-4-11(15)14(9)18-12/h2-7H,1H3,(H2,16,17). The summed E-state index contributed by atoms with van der Waals surface area (Å²) < 4.78 is 19.1. The van der Waals surface area contributed by atoms with Crippen molar-refractivity contribution in [1.82, 2.24) is 4.98 Å². The molecule has 2 heterocycles. The van der Waals surface area contributed by atoms with Crippen molar-refractivity contribution in [2.24, 2.45) is 0 Å². The number of aryl methyl sites for hydroxylation is 1. The second-order valence-electron chi connectivity index (χ2n) is 4.19. The van der Waals surface area contributed by atoms with Gasteiger partial charge in [0.1, 0.15) is 11.6 Å². The molecule has 0 radical (unpaired) electrons. The third-order valence-corrected chi connectivity index (χ3v) is 2.89. The van der Waals surface area contributed by atoms with Gasteiger partial charge in [-0.1, -0.05) is 12.1 Å². The SMILES string of the molecule is Cc1cc(N)ncc1-c1cc2cccc(F)c2o1. The Balaban J connectivity index is 2.23. The molecule has 18 heavy (non-hydrogen) atoms. The van der Waals surface area contributed by atoms with E-state index in [0.717, 1.165) is 16.5 Å². The van der Waals surface area contributed by atoms with E-state index in [1.165, 1.54) is 6.07 Å². The maximum atomic E-state index is 13.6. The van der Waals surface area contributed by atoms with Crippen LogP contribution in [0.1, 0.15) is 5.56 Å². The molecule has 0 aliphatic rings. The summed E-state index contributed by atoms with van der Waals surface area (Å²) in [5, 5.41) is 0.737. The Morgan fingerprint density at radius 3 is 2.83 bits per heavy atom. The third kappa shape index (κ3) is 1.62. The van der Waals surface area contributed by atoms with Crippen LogP contribution in [-0.4, -0.2) is 4.98 Å². The van der Waals surface area contributed by atoms with Crippen LogP contribution in [0.5, 0.6) is 0 Å². The van der Waals surface area contributed by atoms with Crippen molar-refractivity contribution < 1.29 is 8.81 Å². The summed E-state index contributed by atoms with van der Waals surface area (Å²) in [6.07, 6.45) is 1.64. The van der Waals surface area contributed by atoms with Gasteiger partial charge >= 0.3 is 0 Å². The van der Waals surface area contributed by atoms with Gasteiger partial charge in [0, 0.05) is 17.1 Å². The van der Waals surface area contributed by atoms with Crippen molar-refractivity contribution >= 4 is 16.8 Å². The van der Waals surface area contributed by atoms with E-state index in [1.807, 2.05) is 13.0 Å². The van der Waals surface area contributed by atoms with E-state index >= 15 is 0 Å². The lowest BCUT2D eigenvalue weighted by Crippen LogP contribution is -1.91. The Bertz CT molecular complexity index is 734. The minimum Gasteiger partial charge on any atom is -0.453 e. The van der Waals surface area contributed by atoms with Crippen LogP contribution in [-0.2, 0) is 0 Å². The molecular weight excluding hydrogens is 231 g/mol. The molecule has 3 nitrogen and oxygen atoms in total. The maximum absolute atomic E-state index is 13.6. The molecule has 0 saturated heterocycles. The van der Waals surface area contributed by atoms with Crippen molar-refractivity contribution in [3.05, 3.63) is 47.9 Å². The second kappa shape index (κ2) is 3.84. The number of anilines is 1. The lowest BCUT2D eigenvalue weighted by Gasteiger charge is -2.02. The molecule has 0 spiro atoms. The number of hydrogen-bond donors (Lipinski definition) is 1. The summed E-state index contributed by atoms with van der Waals surface area (Å²) in [6, 6.07) is 8.41. The summed E-state index contributed by atoms with van der Waals surface area (Å²) in [6.45, 7) is 1.91. The monoisotopic (exact) mass is 242 g/mol. The summed E-state index contributed by atoms with van der Waals surface area (Å²) in [5.41, 5.74) is 7.64. The molecule has 2 aromatic heterocycles. The number of pyridine rings is 1. The fraction of sp³-hybridized carbons (Fsp3) is 0.0714. The van der Waals surface area contributed by atoms with E-state index < -0.39 is 0 Å². The number of nitrogen functional groups attached to an aromatic ring is 1. The topological polar surface area (TPSA) is 52.0 Å². The van der Waals surface area contributed by atoms with Crippen LogP contribution >= 0.6 is 0 Å². The van der Waals surface area contributed by atoms with Gasteiger partial charge in [-0.3, -0.25) is 0 Å². The fourth-order valence-corrected chi connectivity index (χ4v) is 2.00. The number of aromatic nitrogens is 1. The molecule has 0 aliphatic carbocycles. The maximum Gasteiger partial charge on any atom is 0.170 e. The van der Waals surface area contributed by atoms with Crippen molar-refractivity contribution in [1.29, 1.82) is 0 Å². The third-order valence-electron chi connectivity index (χ3n) is 2.89. The first-order chi connectivity index (χ1) is 8.65. The second-order valence-corrected chi connectivity index (χ2v) is 4.19. The van der Waals surface area contributed by atoms with Crippen LogP contribution in [0.25, 0.3) is 22.3 Å². The number of furan rings is 1. The number of nitrogens with two attached hydrogens (primary N) is 1. The highest BCUT2D eigenvalue weighted by molar-refractivity contribution is 5.83. The zero-order valence-electron chi connectivity index (χ0n) is 9.77. The van der Waals surface area contributed by atoms with E-state index in [2.05, 4.69) is 4.98 Å². The Morgan fingerprint density at radius 2 is 2.11 bits per heavy atom. The number of benzene rings is 1. The van der Waals surface area contributed by atoms with Crippen LogP contribution in [0.4, 0.5) is 10.2 Å². The highest BCUT2D eigenvalue weighted by Gasteiger charge is 2.11. The average molecular weight is 242 g/mol. The Kier molecular flexibility index (Phi) is 2.30. The van der Waals surface area contributed by atoms with Crippen molar-refractivity contribution in [3.63, 3.8) is 0 Å². The Hall–Kier alpha value is -2.36. The van der Waals surface area contributed by atoms with E-state index in [1.54, 1.807) is 24.4 Å². The molecule has 0 amide bonds. The summed E-state index contributed by atoms with van der Waals surface area (Å²) >= 11 is 0. The molecule has 4 heteroatoms. The Labute approximate surface area is 103 Å². The van der Waals surface area contributed by atoms with Gasteiger partial charge in [-0.2, -0.15) is 0 Å². The van der Waals surface area contributed by atoms with Crippen LogP contribution in [0.3, 0.4) is 0 Å². The van der Waals surface area contributed by atoms with Gasteiger partial charge in [0.15, 0.2) is 11.4 Å². The molecule has 0 aliphatic heterocycles. The molecule has 0 atom stereocenters. The Morgan fingerprint density at radius 1 is 1.28 bits per heavy atom. The normalized spacial score (nSPS) is 11.0. The largest absolute Gasteiger partial charge is 0.453 e. The predicted octanol–water partition coefficient (Wildman–Crippen LogP) is 3.52. The lowest BCUT2D eigenvalue weighted by molar-refractivity contribution is 0.568. The molecular formula is C14H11FN2O.